The number of halogens is 1. The number of imide groups is 1. The van der Waals surface area contributed by atoms with E-state index in [1.807, 2.05) is 0 Å². The third-order valence-corrected chi connectivity index (χ3v) is 4.14. The third kappa shape index (κ3) is 3.48. The van der Waals surface area contributed by atoms with E-state index in [1.54, 1.807) is 18.2 Å². The van der Waals surface area contributed by atoms with Gasteiger partial charge in [0.2, 0.25) is 0 Å². The Morgan fingerprint density at radius 3 is 2.80 bits per heavy atom. The molecule has 1 aromatic carbocycles. The van der Waals surface area contributed by atoms with Gasteiger partial charge in [0.05, 0.1) is 5.02 Å². The molecule has 1 saturated carbocycles. The van der Waals surface area contributed by atoms with Gasteiger partial charge in [-0.1, -0.05) is 17.7 Å². The molecule has 0 spiro atoms. The SMILES string of the molecule is O=C1NC(=O)C(=Cc2ccc(OCc3nc(C4CC4)n[nH]3)c(Cl)c2)N1. The highest BCUT2D eigenvalue weighted by Crippen LogP contribution is 2.37. The lowest BCUT2D eigenvalue weighted by Crippen LogP contribution is -2.22. The molecule has 3 amide bonds. The highest BCUT2D eigenvalue weighted by atomic mass is 35.5. The zero-order valence-corrected chi connectivity index (χ0v) is 13.8. The van der Waals surface area contributed by atoms with E-state index >= 15 is 0 Å². The Labute approximate surface area is 147 Å². The van der Waals surface area contributed by atoms with Gasteiger partial charge in [-0.3, -0.25) is 15.2 Å². The van der Waals surface area contributed by atoms with Crippen LogP contribution in [0.5, 0.6) is 5.75 Å². The Morgan fingerprint density at radius 2 is 2.12 bits per heavy atom. The van der Waals surface area contributed by atoms with Gasteiger partial charge in [-0.15, -0.1) is 0 Å². The Balaban J connectivity index is 1.43. The number of carbonyl (C=O) groups excluding carboxylic acids is 2. The summed E-state index contributed by atoms with van der Waals surface area (Å²) in [5.41, 5.74) is 0.837. The van der Waals surface area contributed by atoms with Crippen molar-refractivity contribution in [2.45, 2.75) is 25.4 Å². The molecule has 3 N–H and O–H groups in total. The quantitative estimate of drug-likeness (QED) is 0.559. The van der Waals surface area contributed by atoms with Gasteiger partial charge in [-0.2, -0.15) is 5.10 Å². The fourth-order valence-corrected chi connectivity index (χ4v) is 2.66. The third-order valence-electron chi connectivity index (χ3n) is 3.84. The topological polar surface area (TPSA) is 109 Å². The van der Waals surface area contributed by atoms with Gasteiger partial charge in [0.1, 0.15) is 18.1 Å². The minimum Gasteiger partial charge on any atom is -0.484 e. The van der Waals surface area contributed by atoms with Crippen LogP contribution in [0.2, 0.25) is 5.02 Å². The maximum atomic E-state index is 11.5. The molecule has 2 fully saturated rings. The number of ether oxygens (including phenoxy) is 1. The molecule has 1 saturated heterocycles. The Kier molecular flexibility index (Phi) is 3.89. The molecule has 0 bridgehead atoms. The number of carbonyl (C=O) groups is 2. The van der Waals surface area contributed by atoms with E-state index in [9.17, 15) is 9.59 Å². The van der Waals surface area contributed by atoms with Crippen molar-refractivity contribution in [3.8, 4) is 5.75 Å². The van der Waals surface area contributed by atoms with Crippen LogP contribution in [-0.2, 0) is 11.4 Å². The van der Waals surface area contributed by atoms with Gasteiger partial charge in [0, 0.05) is 5.92 Å². The van der Waals surface area contributed by atoms with Crippen molar-refractivity contribution in [1.82, 2.24) is 25.8 Å². The van der Waals surface area contributed by atoms with E-state index in [2.05, 4.69) is 25.8 Å². The average Bonchev–Trinajstić information content (AvgIpc) is 3.23. The molecule has 4 rings (SSSR count). The number of nitrogens with one attached hydrogen (secondary N) is 3. The highest BCUT2D eigenvalue weighted by molar-refractivity contribution is 6.32. The molecule has 0 radical (unpaired) electrons. The van der Waals surface area contributed by atoms with E-state index < -0.39 is 11.9 Å². The second-order valence-electron chi connectivity index (χ2n) is 5.86. The molecule has 1 aromatic heterocycles. The number of aromatic nitrogens is 3. The summed E-state index contributed by atoms with van der Waals surface area (Å²) in [7, 11) is 0. The van der Waals surface area contributed by atoms with Crippen molar-refractivity contribution >= 4 is 29.6 Å². The normalized spacial score (nSPS) is 18.4. The van der Waals surface area contributed by atoms with Crippen molar-refractivity contribution in [1.29, 1.82) is 0 Å². The standard InChI is InChI=1S/C16H14ClN5O3/c17-10-5-8(6-11-15(23)20-16(24)18-11)1-4-12(10)25-7-13-19-14(22-21-13)9-2-3-9/h1,4-6,9H,2-3,7H2,(H,19,21,22)(H2,18,20,23,24). The van der Waals surface area contributed by atoms with Gasteiger partial charge in [0.25, 0.3) is 5.91 Å². The first-order valence-electron chi connectivity index (χ1n) is 7.76. The van der Waals surface area contributed by atoms with Crippen LogP contribution in [0.1, 0.15) is 36.0 Å². The molecular formula is C16H14ClN5O3. The Hall–Kier alpha value is -2.87. The summed E-state index contributed by atoms with van der Waals surface area (Å²) in [4.78, 5) is 27.0. The molecule has 128 valence electrons. The smallest absolute Gasteiger partial charge is 0.326 e. The molecule has 0 atom stereocenters. The number of nitrogens with zero attached hydrogens (tertiary/aromatic N) is 2. The number of hydrogen-bond acceptors (Lipinski definition) is 5. The molecular weight excluding hydrogens is 346 g/mol. The van der Waals surface area contributed by atoms with Crippen LogP contribution in [0.4, 0.5) is 4.79 Å². The number of urea groups is 1. The molecule has 1 aliphatic carbocycles. The van der Waals surface area contributed by atoms with Crippen LogP contribution in [-0.4, -0.2) is 27.1 Å². The lowest BCUT2D eigenvalue weighted by molar-refractivity contribution is -0.115. The minimum absolute atomic E-state index is 0.170. The van der Waals surface area contributed by atoms with Crippen molar-refractivity contribution in [3.05, 3.63) is 46.1 Å². The van der Waals surface area contributed by atoms with Gasteiger partial charge in [-0.25, -0.2) is 9.78 Å². The number of amides is 3. The zero-order valence-electron chi connectivity index (χ0n) is 13.0. The molecule has 8 nitrogen and oxygen atoms in total. The summed E-state index contributed by atoms with van der Waals surface area (Å²) in [5.74, 6) is 1.98. The fourth-order valence-electron chi connectivity index (χ4n) is 2.42. The predicted molar refractivity (Wildman–Crippen MR) is 88.8 cm³/mol. The molecule has 2 aliphatic rings. The average molecular weight is 360 g/mol. The number of benzene rings is 1. The first kappa shape index (κ1) is 15.6. The van der Waals surface area contributed by atoms with Crippen molar-refractivity contribution in [2.75, 3.05) is 0 Å². The lowest BCUT2D eigenvalue weighted by atomic mass is 10.2. The van der Waals surface area contributed by atoms with Gasteiger partial charge < -0.3 is 10.1 Å². The minimum atomic E-state index is -0.542. The van der Waals surface area contributed by atoms with E-state index in [0.717, 1.165) is 18.7 Å². The molecule has 25 heavy (non-hydrogen) atoms. The summed E-state index contributed by atoms with van der Waals surface area (Å²) in [6.45, 7) is 0.234. The number of H-pyrrole nitrogens is 1. The van der Waals surface area contributed by atoms with Gasteiger partial charge in [0.15, 0.2) is 11.6 Å². The number of aromatic amines is 1. The van der Waals surface area contributed by atoms with Crippen molar-refractivity contribution < 1.29 is 14.3 Å². The van der Waals surface area contributed by atoms with Crippen LogP contribution in [0, 0.1) is 0 Å². The van der Waals surface area contributed by atoms with Gasteiger partial charge in [-0.05, 0) is 36.6 Å². The Morgan fingerprint density at radius 1 is 1.28 bits per heavy atom. The first-order chi connectivity index (χ1) is 12.1. The summed E-state index contributed by atoms with van der Waals surface area (Å²) in [5, 5.41) is 12.0. The van der Waals surface area contributed by atoms with Crippen molar-refractivity contribution in [2.24, 2.45) is 0 Å². The van der Waals surface area contributed by atoms with Crippen LogP contribution in [0.3, 0.4) is 0 Å². The van der Waals surface area contributed by atoms with E-state index in [1.165, 1.54) is 6.08 Å². The molecule has 9 heteroatoms. The largest absolute Gasteiger partial charge is 0.484 e. The van der Waals surface area contributed by atoms with E-state index in [-0.39, 0.29) is 12.3 Å². The summed E-state index contributed by atoms with van der Waals surface area (Å²) < 4.78 is 5.66. The van der Waals surface area contributed by atoms with Crippen molar-refractivity contribution in [3.63, 3.8) is 0 Å². The summed E-state index contributed by atoms with van der Waals surface area (Å²) in [6, 6.07) is 4.54. The first-order valence-corrected chi connectivity index (χ1v) is 8.14. The van der Waals surface area contributed by atoms with Gasteiger partial charge >= 0.3 is 6.03 Å². The highest BCUT2D eigenvalue weighted by Gasteiger charge is 2.27. The fraction of sp³-hybridized carbons (Fsp3) is 0.250. The monoisotopic (exact) mass is 359 g/mol. The van der Waals surface area contributed by atoms with E-state index in [0.29, 0.717) is 28.1 Å². The maximum absolute atomic E-state index is 11.5. The zero-order chi connectivity index (χ0) is 17.4. The number of rotatable bonds is 5. The molecule has 1 aliphatic heterocycles. The van der Waals surface area contributed by atoms with E-state index in [4.69, 9.17) is 16.3 Å². The molecule has 2 heterocycles. The summed E-state index contributed by atoms with van der Waals surface area (Å²) >= 11 is 6.22. The lowest BCUT2D eigenvalue weighted by Gasteiger charge is -2.07. The van der Waals surface area contributed by atoms with Crippen LogP contribution >= 0.6 is 11.6 Å². The number of hydrogen-bond donors (Lipinski definition) is 3. The second-order valence-corrected chi connectivity index (χ2v) is 6.27. The Bertz CT molecular complexity index is 888. The second kappa shape index (κ2) is 6.21. The predicted octanol–water partition coefficient (Wildman–Crippen LogP) is 2.09. The molecule has 0 unspecified atom stereocenters. The van der Waals surface area contributed by atoms with Crippen LogP contribution in [0.15, 0.2) is 23.9 Å². The maximum Gasteiger partial charge on any atom is 0.326 e. The van der Waals surface area contributed by atoms with Crippen LogP contribution < -0.4 is 15.4 Å². The summed E-state index contributed by atoms with van der Waals surface area (Å²) in [6.07, 6.45) is 3.81. The molecule has 2 aromatic rings. The van der Waals surface area contributed by atoms with Crippen LogP contribution in [0.25, 0.3) is 6.08 Å².